The molecule has 0 saturated heterocycles. The van der Waals surface area contributed by atoms with Crippen molar-refractivity contribution in [3.8, 4) is 0 Å². The van der Waals surface area contributed by atoms with Crippen LogP contribution in [0.15, 0.2) is 12.1 Å². The van der Waals surface area contributed by atoms with Gasteiger partial charge in [-0.15, -0.1) is 11.3 Å². The Hall–Kier alpha value is -0.0900. The molecule has 1 rings (SSSR count). The summed E-state index contributed by atoms with van der Waals surface area (Å²) >= 11 is 7.78. The van der Waals surface area contributed by atoms with Crippen molar-refractivity contribution < 1.29 is 0 Å². The highest BCUT2D eigenvalue weighted by molar-refractivity contribution is 7.16. The Labute approximate surface area is 133 Å². The predicted molar refractivity (Wildman–Crippen MR) is 92.1 cm³/mol. The molecule has 0 amide bonds. The van der Waals surface area contributed by atoms with E-state index < -0.39 is 0 Å². The Bertz CT molecular complexity index is 384. The fraction of sp³-hybridized carbons (Fsp3) is 0.750. The first-order valence-corrected chi connectivity index (χ1v) is 8.93. The number of nitrogens with zero attached hydrogens (tertiary/aromatic N) is 1. The van der Waals surface area contributed by atoms with E-state index in [1.807, 2.05) is 6.07 Å². The second-order valence-corrected chi connectivity index (χ2v) is 7.03. The number of thiophene rings is 1. The van der Waals surface area contributed by atoms with Gasteiger partial charge >= 0.3 is 0 Å². The number of halogens is 1. The Morgan fingerprint density at radius 3 is 2.15 bits per heavy atom. The average Bonchev–Trinajstić information content (AvgIpc) is 2.88. The average molecular weight is 317 g/mol. The number of likely N-dealkylation sites (N-methyl/N-ethyl adjacent to an activating group) is 2. The normalized spacial score (nSPS) is 13.9. The largest absolute Gasteiger partial charge is 0.315 e. The summed E-state index contributed by atoms with van der Waals surface area (Å²) in [6.45, 7) is 11.3. The zero-order valence-corrected chi connectivity index (χ0v) is 15.1. The molecule has 1 aromatic heterocycles. The molecule has 1 N–H and O–H groups in total. The number of rotatable bonds is 9. The van der Waals surface area contributed by atoms with Gasteiger partial charge in [0.2, 0.25) is 0 Å². The predicted octanol–water partition coefficient (Wildman–Crippen LogP) is 4.43. The highest BCUT2D eigenvalue weighted by Gasteiger charge is 2.39. The van der Waals surface area contributed by atoms with E-state index in [1.165, 1.54) is 4.88 Å². The molecule has 4 heteroatoms. The van der Waals surface area contributed by atoms with Gasteiger partial charge in [-0.3, -0.25) is 4.90 Å². The third-order valence-electron chi connectivity index (χ3n) is 4.65. The summed E-state index contributed by atoms with van der Waals surface area (Å²) in [7, 11) is 2.09. The number of hydrogen-bond donors (Lipinski definition) is 1. The van der Waals surface area contributed by atoms with E-state index in [9.17, 15) is 0 Å². The molecule has 1 unspecified atom stereocenters. The summed E-state index contributed by atoms with van der Waals surface area (Å²) in [5.74, 6) is 0. The molecule has 0 aliphatic carbocycles. The van der Waals surface area contributed by atoms with Gasteiger partial charge in [0, 0.05) is 16.5 Å². The molecule has 0 saturated carbocycles. The Kier molecular flexibility index (Phi) is 7.52. The summed E-state index contributed by atoms with van der Waals surface area (Å²) in [5.41, 5.74) is 0.217. The van der Waals surface area contributed by atoms with Gasteiger partial charge in [0.05, 0.1) is 4.34 Å². The third-order valence-corrected chi connectivity index (χ3v) is 5.90. The molecular weight excluding hydrogens is 288 g/mol. The van der Waals surface area contributed by atoms with Crippen LogP contribution in [0.2, 0.25) is 4.34 Å². The second-order valence-electron chi connectivity index (χ2n) is 5.23. The quantitative estimate of drug-likeness (QED) is 0.725. The highest BCUT2D eigenvalue weighted by Crippen LogP contribution is 2.32. The van der Waals surface area contributed by atoms with Crippen LogP contribution in [0.4, 0.5) is 0 Å². The fourth-order valence-electron chi connectivity index (χ4n) is 3.49. The van der Waals surface area contributed by atoms with E-state index in [0.717, 1.165) is 36.7 Å². The van der Waals surface area contributed by atoms with Gasteiger partial charge in [0.1, 0.15) is 0 Å². The minimum Gasteiger partial charge on any atom is -0.315 e. The molecule has 0 fully saturated rings. The molecular formula is C16H29ClN2S. The van der Waals surface area contributed by atoms with Gasteiger partial charge < -0.3 is 5.32 Å². The van der Waals surface area contributed by atoms with Crippen molar-refractivity contribution in [3.05, 3.63) is 21.3 Å². The van der Waals surface area contributed by atoms with E-state index in [1.54, 1.807) is 11.3 Å². The van der Waals surface area contributed by atoms with Crippen molar-refractivity contribution in [3.63, 3.8) is 0 Å². The maximum absolute atomic E-state index is 6.07. The van der Waals surface area contributed by atoms with Gasteiger partial charge in [-0.25, -0.2) is 0 Å². The van der Waals surface area contributed by atoms with Crippen molar-refractivity contribution in [2.45, 2.75) is 58.5 Å². The van der Waals surface area contributed by atoms with E-state index in [4.69, 9.17) is 11.6 Å². The van der Waals surface area contributed by atoms with Crippen molar-refractivity contribution in [1.29, 1.82) is 0 Å². The molecule has 0 aliphatic heterocycles. The maximum Gasteiger partial charge on any atom is 0.0931 e. The Morgan fingerprint density at radius 2 is 1.80 bits per heavy atom. The molecule has 0 spiro atoms. The van der Waals surface area contributed by atoms with Crippen LogP contribution in [0.3, 0.4) is 0 Å². The van der Waals surface area contributed by atoms with Gasteiger partial charge in [0.15, 0.2) is 0 Å². The molecule has 116 valence electrons. The summed E-state index contributed by atoms with van der Waals surface area (Å²) in [5, 5.41) is 3.57. The fourth-order valence-corrected chi connectivity index (χ4v) is 4.62. The molecule has 1 atom stereocenters. The van der Waals surface area contributed by atoms with E-state index in [0.29, 0.717) is 6.04 Å². The van der Waals surface area contributed by atoms with Gasteiger partial charge in [-0.05, 0) is 51.5 Å². The SMILES string of the molecule is CCN(CC)C(CC)(CC)C(Cc1ccc(Cl)s1)NC. The summed E-state index contributed by atoms with van der Waals surface area (Å²) in [4.78, 5) is 3.98. The first kappa shape index (κ1) is 18.0. The lowest BCUT2D eigenvalue weighted by atomic mass is 9.80. The van der Waals surface area contributed by atoms with E-state index in [-0.39, 0.29) is 5.54 Å². The van der Waals surface area contributed by atoms with Crippen LogP contribution < -0.4 is 5.32 Å². The van der Waals surface area contributed by atoms with Crippen molar-refractivity contribution in [1.82, 2.24) is 10.2 Å². The zero-order chi connectivity index (χ0) is 15.2. The Balaban J connectivity index is 3.01. The van der Waals surface area contributed by atoms with E-state index >= 15 is 0 Å². The molecule has 0 aliphatic rings. The molecule has 1 aromatic rings. The minimum atomic E-state index is 0.217. The van der Waals surface area contributed by atoms with Gasteiger partial charge in [-0.1, -0.05) is 39.3 Å². The first-order valence-electron chi connectivity index (χ1n) is 7.74. The Morgan fingerprint density at radius 1 is 1.20 bits per heavy atom. The molecule has 2 nitrogen and oxygen atoms in total. The van der Waals surface area contributed by atoms with Crippen molar-refractivity contribution >= 4 is 22.9 Å². The van der Waals surface area contributed by atoms with Crippen LogP contribution >= 0.6 is 22.9 Å². The monoisotopic (exact) mass is 316 g/mol. The molecule has 20 heavy (non-hydrogen) atoms. The zero-order valence-electron chi connectivity index (χ0n) is 13.5. The lowest BCUT2D eigenvalue weighted by Crippen LogP contribution is -2.61. The number of nitrogens with one attached hydrogen (secondary N) is 1. The van der Waals surface area contributed by atoms with Crippen LogP contribution in [0.1, 0.15) is 45.4 Å². The van der Waals surface area contributed by atoms with Crippen LogP contribution in [0.5, 0.6) is 0 Å². The van der Waals surface area contributed by atoms with Crippen LogP contribution in [0.25, 0.3) is 0 Å². The third kappa shape index (κ3) is 3.76. The van der Waals surface area contributed by atoms with E-state index in [2.05, 4.69) is 51.0 Å². The van der Waals surface area contributed by atoms with Crippen LogP contribution in [0, 0.1) is 0 Å². The summed E-state index contributed by atoms with van der Waals surface area (Å²) in [6, 6.07) is 4.62. The number of hydrogen-bond acceptors (Lipinski definition) is 3. The van der Waals surface area contributed by atoms with Crippen molar-refractivity contribution in [2.75, 3.05) is 20.1 Å². The summed E-state index contributed by atoms with van der Waals surface area (Å²) < 4.78 is 0.885. The van der Waals surface area contributed by atoms with Crippen LogP contribution in [-0.2, 0) is 6.42 Å². The molecule has 0 bridgehead atoms. The van der Waals surface area contributed by atoms with Crippen LogP contribution in [-0.4, -0.2) is 36.6 Å². The van der Waals surface area contributed by atoms with Crippen molar-refractivity contribution in [2.24, 2.45) is 0 Å². The topological polar surface area (TPSA) is 15.3 Å². The molecule has 0 radical (unpaired) electrons. The lowest BCUT2D eigenvalue weighted by molar-refractivity contribution is 0.0522. The van der Waals surface area contributed by atoms with Gasteiger partial charge in [-0.2, -0.15) is 0 Å². The van der Waals surface area contributed by atoms with Gasteiger partial charge in [0.25, 0.3) is 0 Å². The molecule has 0 aromatic carbocycles. The molecule has 1 heterocycles. The second kappa shape index (κ2) is 8.38. The minimum absolute atomic E-state index is 0.217. The standard InChI is InChI=1S/C16H29ClN2S/c1-6-16(7-2,19(8-3)9-4)14(18-5)12-13-10-11-15(17)20-13/h10-11,14,18H,6-9,12H2,1-5H3. The summed E-state index contributed by atoms with van der Waals surface area (Å²) in [6.07, 6.45) is 3.37. The smallest absolute Gasteiger partial charge is 0.0931 e. The highest BCUT2D eigenvalue weighted by atomic mass is 35.5. The first-order chi connectivity index (χ1) is 9.57. The maximum atomic E-state index is 6.07. The lowest BCUT2D eigenvalue weighted by Gasteiger charge is -2.48.